The van der Waals surface area contributed by atoms with E-state index in [9.17, 15) is 4.79 Å². The molecule has 0 fully saturated rings. The number of rotatable bonds is 4. The highest BCUT2D eigenvalue weighted by Gasteiger charge is 2.25. The number of nitrogens with one attached hydrogen (secondary N) is 1. The van der Waals surface area contributed by atoms with Gasteiger partial charge in [0.2, 0.25) is 5.91 Å². The summed E-state index contributed by atoms with van der Waals surface area (Å²) in [4.78, 5) is 23.5. The number of halogens is 1. The van der Waals surface area contributed by atoms with Crippen LogP contribution in [0.2, 0.25) is 5.02 Å². The summed E-state index contributed by atoms with van der Waals surface area (Å²) < 4.78 is 5.65. The lowest BCUT2D eigenvalue weighted by atomic mass is 10.0. The average molecular weight is 420 g/mol. The van der Waals surface area contributed by atoms with Gasteiger partial charge in [-0.2, -0.15) is 0 Å². The van der Waals surface area contributed by atoms with E-state index in [4.69, 9.17) is 16.3 Å². The molecule has 5 nitrogen and oxygen atoms in total. The fourth-order valence-electron chi connectivity index (χ4n) is 3.17. The zero-order valence-electron chi connectivity index (χ0n) is 14.9. The second kappa shape index (κ2) is 7.66. The van der Waals surface area contributed by atoms with Gasteiger partial charge in [0.25, 0.3) is 0 Å². The number of thioether (sulfide) groups is 1. The molecule has 1 atom stereocenters. The van der Waals surface area contributed by atoms with Crippen molar-refractivity contribution >= 4 is 50.8 Å². The number of carbonyl (C=O) groups excluding carboxylic acids is 1. The molecule has 2 aromatic heterocycles. The van der Waals surface area contributed by atoms with Crippen molar-refractivity contribution in [3.8, 4) is 5.75 Å². The van der Waals surface area contributed by atoms with E-state index in [1.807, 2.05) is 12.1 Å². The Morgan fingerprint density at radius 3 is 3.11 bits per heavy atom. The van der Waals surface area contributed by atoms with Crippen molar-refractivity contribution in [2.45, 2.75) is 31.3 Å². The highest BCUT2D eigenvalue weighted by atomic mass is 35.5. The molecule has 1 aromatic carbocycles. The van der Waals surface area contributed by atoms with Gasteiger partial charge < -0.3 is 10.1 Å². The maximum Gasteiger partial charge on any atom is 0.230 e. The Hall–Kier alpha value is -1.83. The van der Waals surface area contributed by atoms with Crippen LogP contribution in [0.4, 0.5) is 0 Å². The molecule has 1 unspecified atom stereocenters. The molecular weight excluding hydrogens is 402 g/mol. The summed E-state index contributed by atoms with van der Waals surface area (Å²) in [5, 5.41) is 5.59. The molecule has 1 aliphatic heterocycles. The summed E-state index contributed by atoms with van der Waals surface area (Å²) in [6.45, 7) is 4.69. The van der Waals surface area contributed by atoms with Crippen LogP contribution in [0.3, 0.4) is 0 Å². The van der Waals surface area contributed by atoms with Gasteiger partial charge in [-0.1, -0.05) is 35.5 Å². The predicted octanol–water partition coefficient (Wildman–Crippen LogP) is 4.69. The topological polar surface area (TPSA) is 64.1 Å². The van der Waals surface area contributed by atoms with Gasteiger partial charge in [-0.15, -0.1) is 11.3 Å². The quantitative estimate of drug-likeness (QED) is 0.490. The van der Waals surface area contributed by atoms with Crippen LogP contribution in [0, 0.1) is 13.8 Å². The number of aromatic nitrogens is 2. The number of para-hydroxylation sites is 1. The van der Waals surface area contributed by atoms with Gasteiger partial charge in [0.1, 0.15) is 21.9 Å². The number of aryl methyl sites for hydroxylation is 2. The lowest BCUT2D eigenvalue weighted by molar-refractivity contribution is -0.119. The predicted molar refractivity (Wildman–Crippen MR) is 110 cm³/mol. The summed E-state index contributed by atoms with van der Waals surface area (Å²) in [6, 6.07) is 5.54. The first kappa shape index (κ1) is 18.5. The van der Waals surface area contributed by atoms with Crippen LogP contribution in [-0.4, -0.2) is 28.2 Å². The zero-order chi connectivity index (χ0) is 19.0. The van der Waals surface area contributed by atoms with Crippen molar-refractivity contribution in [2.24, 2.45) is 0 Å². The van der Waals surface area contributed by atoms with Gasteiger partial charge in [-0.3, -0.25) is 4.79 Å². The number of hydrogen-bond donors (Lipinski definition) is 1. The Morgan fingerprint density at radius 1 is 1.41 bits per heavy atom. The molecule has 1 amide bonds. The standard InChI is InChI=1S/C19H18ClN3O2S2/c1-10-11(2)27-19-16(10)18(21-9-22-19)26-8-15(24)23-14-6-7-25-17-12(14)4-3-5-13(17)20/h3-5,9,14H,6-8H2,1-2H3,(H,23,24). The summed E-state index contributed by atoms with van der Waals surface area (Å²) in [7, 11) is 0. The Morgan fingerprint density at radius 2 is 2.26 bits per heavy atom. The number of ether oxygens (including phenoxy) is 1. The van der Waals surface area contributed by atoms with Crippen LogP contribution in [0.15, 0.2) is 29.6 Å². The molecule has 0 saturated carbocycles. The minimum absolute atomic E-state index is 0.0332. The van der Waals surface area contributed by atoms with Crippen molar-refractivity contribution in [2.75, 3.05) is 12.4 Å². The molecule has 8 heteroatoms. The first-order chi connectivity index (χ1) is 13.0. The summed E-state index contributed by atoms with van der Waals surface area (Å²) in [6.07, 6.45) is 2.29. The van der Waals surface area contributed by atoms with Crippen molar-refractivity contribution in [3.05, 3.63) is 45.6 Å². The van der Waals surface area contributed by atoms with E-state index < -0.39 is 0 Å². The van der Waals surface area contributed by atoms with Crippen LogP contribution >= 0.6 is 34.7 Å². The molecule has 3 aromatic rings. The molecule has 0 aliphatic carbocycles. The second-order valence-electron chi connectivity index (χ2n) is 6.35. The molecule has 4 rings (SSSR count). The van der Waals surface area contributed by atoms with E-state index >= 15 is 0 Å². The van der Waals surface area contributed by atoms with Crippen LogP contribution in [0.25, 0.3) is 10.2 Å². The molecule has 0 radical (unpaired) electrons. The van der Waals surface area contributed by atoms with E-state index in [1.54, 1.807) is 23.7 Å². The van der Waals surface area contributed by atoms with Crippen molar-refractivity contribution in [1.29, 1.82) is 0 Å². The maximum absolute atomic E-state index is 12.6. The van der Waals surface area contributed by atoms with Crippen LogP contribution in [0.1, 0.15) is 28.5 Å². The lowest BCUT2D eigenvalue weighted by Crippen LogP contribution is -2.33. The van der Waals surface area contributed by atoms with E-state index in [1.165, 1.54) is 22.2 Å². The highest BCUT2D eigenvalue weighted by Crippen LogP contribution is 2.38. The number of benzene rings is 1. The Bertz CT molecular complexity index is 1020. The largest absolute Gasteiger partial charge is 0.492 e. The molecular formula is C19H18ClN3O2S2. The van der Waals surface area contributed by atoms with E-state index in [2.05, 4.69) is 29.1 Å². The third-order valence-electron chi connectivity index (χ3n) is 4.63. The molecule has 1 N–H and O–H groups in total. The van der Waals surface area contributed by atoms with Crippen molar-refractivity contribution in [3.63, 3.8) is 0 Å². The fraction of sp³-hybridized carbons (Fsp3) is 0.316. The Labute approximate surface area is 170 Å². The van der Waals surface area contributed by atoms with Crippen LogP contribution < -0.4 is 10.1 Å². The molecule has 0 spiro atoms. The second-order valence-corrected chi connectivity index (χ2v) is 8.92. The molecule has 140 valence electrons. The number of fused-ring (bicyclic) bond motifs is 2. The smallest absolute Gasteiger partial charge is 0.230 e. The van der Waals surface area contributed by atoms with Crippen LogP contribution in [0.5, 0.6) is 5.75 Å². The number of amides is 1. The first-order valence-corrected chi connectivity index (χ1v) is 10.8. The van der Waals surface area contributed by atoms with E-state index in [-0.39, 0.29) is 11.9 Å². The van der Waals surface area contributed by atoms with Crippen LogP contribution in [-0.2, 0) is 4.79 Å². The van der Waals surface area contributed by atoms with Gasteiger partial charge in [0.05, 0.1) is 23.4 Å². The molecule has 0 saturated heterocycles. The molecule has 0 bridgehead atoms. The summed E-state index contributed by atoms with van der Waals surface area (Å²) >= 11 is 9.31. The Kier molecular flexibility index (Phi) is 5.25. The van der Waals surface area contributed by atoms with Crippen molar-refractivity contribution < 1.29 is 9.53 Å². The van der Waals surface area contributed by atoms with Gasteiger partial charge in [0, 0.05) is 22.2 Å². The number of hydrogen-bond acceptors (Lipinski definition) is 6. The highest BCUT2D eigenvalue weighted by molar-refractivity contribution is 8.00. The third-order valence-corrected chi connectivity index (χ3v) is 7.03. The number of carbonyl (C=O) groups is 1. The van der Waals surface area contributed by atoms with Gasteiger partial charge in [0.15, 0.2) is 0 Å². The van der Waals surface area contributed by atoms with E-state index in [0.29, 0.717) is 23.1 Å². The van der Waals surface area contributed by atoms with Gasteiger partial charge >= 0.3 is 0 Å². The lowest BCUT2D eigenvalue weighted by Gasteiger charge is -2.27. The minimum atomic E-state index is -0.0869. The first-order valence-electron chi connectivity index (χ1n) is 8.58. The van der Waals surface area contributed by atoms with Crippen molar-refractivity contribution in [1.82, 2.24) is 15.3 Å². The average Bonchev–Trinajstić information content (AvgIpc) is 2.95. The molecule has 27 heavy (non-hydrogen) atoms. The summed E-state index contributed by atoms with van der Waals surface area (Å²) in [5.41, 5.74) is 2.12. The number of nitrogens with zero attached hydrogens (tertiary/aromatic N) is 2. The number of thiophene rings is 1. The molecule has 1 aliphatic rings. The fourth-order valence-corrected chi connectivity index (χ4v) is 5.33. The van der Waals surface area contributed by atoms with E-state index in [0.717, 1.165) is 27.2 Å². The summed E-state index contributed by atoms with van der Waals surface area (Å²) in [5.74, 6) is 0.938. The maximum atomic E-state index is 12.6. The third kappa shape index (κ3) is 3.63. The van der Waals surface area contributed by atoms with Gasteiger partial charge in [-0.05, 0) is 25.5 Å². The monoisotopic (exact) mass is 419 g/mol. The minimum Gasteiger partial charge on any atom is -0.492 e. The Balaban J connectivity index is 1.47. The van der Waals surface area contributed by atoms with Gasteiger partial charge in [-0.25, -0.2) is 9.97 Å². The zero-order valence-corrected chi connectivity index (χ0v) is 17.3. The SMILES string of the molecule is Cc1sc2ncnc(SCC(=O)NC3CCOc4c(Cl)cccc43)c2c1C. The normalized spacial score (nSPS) is 16.0. The molecule has 3 heterocycles.